The van der Waals surface area contributed by atoms with Crippen LogP contribution in [-0.4, -0.2) is 42.7 Å². The maximum absolute atomic E-state index is 5.97. The van der Waals surface area contributed by atoms with Crippen molar-refractivity contribution in [2.24, 2.45) is 5.73 Å². The molecule has 1 saturated heterocycles. The third-order valence-corrected chi connectivity index (χ3v) is 4.59. The summed E-state index contributed by atoms with van der Waals surface area (Å²) in [5.74, 6) is 0. The zero-order valence-electron chi connectivity index (χ0n) is 12.7. The van der Waals surface area contributed by atoms with E-state index in [-0.39, 0.29) is 0 Å². The van der Waals surface area contributed by atoms with Gasteiger partial charge in [-0.2, -0.15) is 0 Å². The van der Waals surface area contributed by atoms with E-state index in [1.807, 2.05) is 0 Å². The molecule has 3 nitrogen and oxygen atoms in total. The molecule has 0 radical (unpaired) electrons. The minimum absolute atomic E-state index is 0.462. The average molecular weight is 265 g/mol. The largest absolute Gasteiger partial charge is 0.328 e. The maximum Gasteiger partial charge on any atom is 0.0165 e. The molecular weight excluding hydrogens is 234 g/mol. The van der Waals surface area contributed by atoms with Crippen LogP contribution in [0.2, 0.25) is 0 Å². The monoisotopic (exact) mass is 265 g/mol. The molecule has 2 rings (SSSR count). The van der Waals surface area contributed by atoms with Gasteiger partial charge in [0.05, 0.1) is 0 Å². The normalized spacial score (nSPS) is 30.3. The van der Waals surface area contributed by atoms with E-state index in [4.69, 9.17) is 5.73 Å². The smallest absolute Gasteiger partial charge is 0.0165 e. The van der Waals surface area contributed by atoms with Gasteiger partial charge in [0.25, 0.3) is 0 Å². The number of nitrogens with zero attached hydrogens (tertiary/aromatic N) is 1. The molecule has 110 valence electrons. The van der Waals surface area contributed by atoms with Crippen LogP contribution in [0.4, 0.5) is 0 Å². The van der Waals surface area contributed by atoms with Crippen molar-refractivity contribution in [3.8, 4) is 0 Å². The number of hydrogen-bond acceptors (Lipinski definition) is 3. The lowest BCUT2D eigenvalue weighted by molar-refractivity contribution is 0.196. The van der Waals surface area contributed by atoms with Gasteiger partial charge >= 0.3 is 0 Å². The number of likely N-dealkylation sites (tertiary alicyclic amines) is 1. The van der Waals surface area contributed by atoms with Crippen LogP contribution >= 0.6 is 0 Å². The summed E-state index contributed by atoms with van der Waals surface area (Å²) in [4.78, 5) is 2.57. The molecule has 0 aromatic carbocycles. The van der Waals surface area contributed by atoms with Crippen LogP contribution in [-0.2, 0) is 0 Å². The molecule has 2 aliphatic rings. The van der Waals surface area contributed by atoms with Crippen molar-refractivity contribution in [3.05, 3.63) is 11.6 Å². The number of rotatable bonds is 4. The number of piperidine rings is 1. The fourth-order valence-corrected chi connectivity index (χ4v) is 3.21. The van der Waals surface area contributed by atoms with E-state index in [1.54, 1.807) is 0 Å². The van der Waals surface area contributed by atoms with Gasteiger partial charge in [-0.1, -0.05) is 11.6 Å². The molecule has 0 spiro atoms. The highest BCUT2D eigenvalue weighted by atomic mass is 15.1. The second-order valence-electron chi connectivity index (χ2n) is 6.63. The Labute approximate surface area is 118 Å². The van der Waals surface area contributed by atoms with E-state index < -0.39 is 0 Å². The minimum Gasteiger partial charge on any atom is -0.328 e. The van der Waals surface area contributed by atoms with Crippen LogP contribution in [0.15, 0.2) is 11.6 Å². The lowest BCUT2D eigenvalue weighted by Crippen LogP contribution is -2.48. The highest BCUT2D eigenvalue weighted by molar-refractivity contribution is 4.96. The first kappa shape index (κ1) is 15.0. The minimum atomic E-state index is 0.462. The van der Waals surface area contributed by atoms with Gasteiger partial charge in [0.1, 0.15) is 0 Å². The highest BCUT2D eigenvalue weighted by Gasteiger charge is 2.23. The second-order valence-corrected chi connectivity index (χ2v) is 6.63. The van der Waals surface area contributed by atoms with E-state index in [0.717, 1.165) is 18.6 Å². The summed E-state index contributed by atoms with van der Waals surface area (Å²) in [6.07, 6.45) is 9.92. The Kier molecular flexibility index (Phi) is 5.86. The standard InChI is InChI=1S/C16H31N3/c1-13(2)7-10-19-11-8-16(9-12-19)18-15-5-3-14(17)4-6-15/h7,14-16,18H,3-6,8-12,17H2,1-2H3. The van der Waals surface area contributed by atoms with E-state index in [9.17, 15) is 0 Å². The van der Waals surface area contributed by atoms with Crippen LogP contribution in [0.5, 0.6) is 0 Å². The summed E-state index contributed by atoms with van der Waals surface area (Å²) < 4.78 is 0. The number of allylic oxidation sites excluding steroid dienone is 1. The average Bonchev–Trinajstić information content (AvgIpc) is 2.40. The van der Waals surface area contributed by atoms with Crippen molar-refractivity contribution in [2.45, 2.75) is 70.5 Å². The second kappa shape index (κ2) is 7.41. The van der Waals surface area contributed by atoms with Gasteiger partial charge in [-0.15, -0.1) is 0 Å². The summed E-state index contributed by atoms with van der Waals surface area (Å²) in [5, 5.41) is 3.87. The van der Waals surface area contributed by atoms with Gasteiger partial charge in [0.15, 0.2) is 0 Å². The zero-order chi connectivity index (χ0) is 13.7. The molecular formula is C16H31N3. The van der Waals surface area contributed by atoms with Crippen molar-refractivity contribution in [3.63, 3.8) is 0 Å². The molecule has 3 heteroatoms. The molecule has 0 bridgehead atoms. The summed E-state index contributed by atoms with van der Waals surface area (Å²) in [7, 11) is 0. The first-order chi connectivity index (χ1) is 9.13. The Morgan fingerprint density at radius 3 is 2.21 bits per heavy atom. The van der Waals surface area contributed by atoms with Gasteiger partial charge in [-0.3, -0.25) is 4.90 Å². The fourth-order valence-electron chi connectivity index (χ4n) is 3.21. The molecule has 1 saturated carbocycles. The van der Waals surface area contributed by atoms with Crippen LogP contribution in [0, 0.1) is 0 Å². The fraction of sp³-hybridized carbons (Fsp3) is 0.875. The van der Waals surface area contributed by atoms with Gasteiger partial charge in [-0.25, -0.2) is 0 Å². The Morgan fingerprint density at radius 1 is 1.05 bits per heavy atom. The quantitative estimate of drug-likeness (QED) is 0.766. The van der Waals surface area contributed by atoms with Crippen LogP contribution < -0.4 is 11.1 Å². The molecule has 0 atom stereocenters. The van der Waals surface area contributed by atoms with Crippen LogP contribution in [0.3, 0.4) is 0 Å². The van der Waals surface area contributed by atoms with Crippen LogP contribution in [0.1, 0.15) is 52.4 Å². The third kappa shape index (κ3) is 5.25. The molecule has 0 unspecified atom stereocenters. The van der Waals surface area contributed by atoms with Gasteiger partial charge in [0, 0.05) is 24.7 Å². The topological polar surface area (TPSA) is 41.3 Å². The van der Waals surface area contributed by atoms with Crippen molar-refractivity contribution in [1.82, 2.24) is 10.2 Å². The molecule has 2 fully saturated rings. The first-order valence-electron chi connectivity index (χ1n) is 8.01. The summed E-state index contributed by atoms with van der Waals surface area (Å²) in [5.41, 5.74) is 7.40. The van der Waals surface area contributed by atoms with E-state index >= 15 is 0 Å². The molecule has 0 aromatic heterocycles. The SMILES string of the molecule is CC(C)=CCN1CCC(NC2CCC(N)CC2)CC1. The summed E-state index contributed by atoms with van der Waals surface area (Å²) >= 11 is 0. The Hall–Kier alpha value is -0.380. The first-order valence-corrected chi connectivity index (χ1v) is 8.01. The molecule has 0 aromatic rings. The highest BCUT2D eigenvalue weighted by Crippen LogP contribution is 2.19. The lowest BCUT2D eigenvalue weighted by Gasteiger charge is -2.36. The molecule has 3 N–H and O–H groups in total. The van der Waals surface area contributed by atoms with E-state index in [2.05, 4.69) is 30.1 Å². The van der Waals surface area contributed by atoms with E-state index in [1.165, 1.54) is 57.2 Å². The Morgan fingerprint density at radius 2 is 1.63 bits per heavy atom. The molecule has 0 amide bonds. The van der Waals surface area contributed by atoms with E-state index in [0.29, 0.717) is 6.04 Å². The van der Waals surface area contributed by atoms with Crippen molar-refractivity contribution < 1.29 is 0 Å². The zero-order valence-corrected chi connectivity index (χ0v) is 12.7. The molecule has 1 aliphatic heterocycles. The van der Waals surface area contributed by atoms with Crippen molar-refractivity contribution in [2.75, 3.05) is 19.6 Å². The molecule has 19 heavy (non-hydrogen) atoms. The van der Waals surface area contributed by atoms with Crippen LogP contribution in [0.25, 0.3) is 0 Å². The Bertz CT molecular complexity index is 280. The maximum atomic E-state index is 5.97. The van der Waals surface area contributed by atoms with Crippen molar-refractivity contribution in [1.29, 1.82) is 0 Å². The number of nitrogens with one attached hydrogen (secondary N) is 1. The summed E-state index contributed by atoms with van der Waals surface area (Å²) in [6.45, 7) is 7.98. The Balaban J connectivity index is 1.64. The van der Waals surface area contributed by atoms with Gasteiger partial charge < -0.3 is 11.1 Å². The molecule has 1 heterocycles. The van der Waals surface area contributed by atoms with Gasteiger partial charge in [0.2, 0.25) is 0 Å². The molecule has 1 aliphatic carbocycles. The predicted octanol–water partition coefficient (Wildman–Crippen LogP) is 2.28. The lowest BCUT2D eigenvalue weighted by atomic mass is 9.90. The van der Waals surface area contributed by atoms with Gasteiger partial charge in [-0.05, 0) is 65.5 Å². The summed E-state index contributed by atoms with van der Waals surface area (Å²) in [6, 6.07) is 1.93. The van der Waals surface area contributed by atoms with Crippen molar-refractivity contribution >= 4 is 0 Å². The number of hydrogen-bond donors (Lipinski definition) is 2. The predicted molar refractivity (Wildman–Crippen MR) is 82.3 cm³/mol. The third-order valence-electron chi connectivity index (χ3n) is 4.59. The number of nitrogens with two attached hydrogens (primary N) is 1.